The Balaban J connectivity index is 1.33. The number of sulfonamides is 2. The standard InChI is InChI=1S/C24H29N3O8S2/c1-27-20(13-17-14-21-22(35-12-11-34-21)15-23(17)37(27,32)33)24(29)26-18(16-28)7-5-6-10-25-36(30,31)19-8-3-2-4-9-19/h2-4,8-9,14-16,18,20,25H,5-7,10-13H2,1H3,(H,26,29)/t18-,20+/m0/s1. The molecule has 0 saturated heterocycles. The summed E-state index contributed by atoms with van der Waals surface area (Å²) in [6, 6.07) is 9.11. The first-order valence-electron chi connectivity index (χ1n) is 11.8. The number of hydrogen-bond acceptors (Lipinski definition) is 8. The second-order valence-corrected chi connectivity index (χ2v) is 12.5. The van der Waals surface area contributed by atoms with Gasteiger partial charge in [-0.3, -0.25) is 4.79 Å². The van der Waals surface area contributed by atoms with Crippen molar-refractivity contribution in [1.82, 2.24) is 14.3 Å². The van der Waals surface area contributed by atoms with Crippen molar-refractivity contribution in [2.75, 3.05) is 26.8 Å². The molecule has 11 nitrogen and oxygen atoms in total. The third-order valence-corrected chi connectivity index (χ3v) is 9.74. The number of rotatable bonds is 10. The molecular formula is C24H29N3O8S2. The average molecular weight is 552 g/mol. The maximum absolute atomic E-state index is 13.1. The summed E-state index contributed by atoms with van der Waals surface area (Å²) in [6.45, 7) is 0.836. The molecule has 2 aromatic rings. The van der Waals surface area contributed by atoms with Crippen LogP contribution in [0.5, 0.6) is 11.5 Å². The van der Waals surface area contributed by atoms with Gasteiger partial charge >= 0.3 is 0 Å². The maximum atomic E-state index is 13.1. The first-order chi connectivity index (χ1) is 17.6. The van der Waals surface area contributed by atoms with E-state index in [2.05, 4.69) is 10.0 Å². The van der Waals surface area contributed by atoms with Crippen LogP contribution in [0.15, 0.2) is 52.3 Å². The molecule has 4 rings (SSSR count). The zero-order valence-electron chi connectivity index (χ0n) is 20.3. The summed E-state index contributed by atoms with van der Waals surface area (Å²) in [6.07, 6.45) is 1.90. The van der Waals surface area contributed by atoms with Gasteiger partial charge in [-0.05, 0) is 49.4 Å². The molecule has 13 heteroatoms. The third-order valence-electron chi connectivity index (χ3n) is 6.32. The van der Waals surface area contributed by atoms with Gasteiger partial charge in [-0.15, -0.1) is 0 Å². The van der Waals surface area contributed by atoms with Crippen molar-refractivity contribution >= 4 is 32.2 Å². The quantitative estimate of drug-likeness (QED) is 0.326. The number of likely N-dealkylation sites (N-methyl/N-ethyl adjacent to an activating group) is 1. The van der Waals surface area contributed by atoms with Crippen LogP contribution in [0.2, 0.25) is 0 Å². The largest absolute Gasteiger partial charge is 0.486 e. The van der Waals surface area contributed by atoms with Crippen molar-refractivity contribution in [3.63, 3.8) is 0 Å². The van der Waals surface area contributed by atoms with E-state index in [1.165, 1.54) is 25.2 Å². The van der Waals surface area contributed by atoms with Crippen LogP contribution in [0.3, 0.4) is 0 Å². The molecule has 200 valence electrons. The second-order valence-electron chi connectivity index (χ2n) is 8.80. The van der Waals surface area contributed by atoms with E-state index in [4.69, 9.17) is 9.47 Å². The SMILES string of the molecule is CN1[C@@H](C(=O)N[C@H](C=O)CCCCNS(=O)(=O)c2ccccc2)Cc2cc3c(cc2S1(=O)=O)OCCO3. The molecule has 0 radical (unpaired) electrons. The normalized spacial score (nSPS) is 19.4. The molecule has 0 bridgehead atoms. The van der Waals surface area contributed by atoms with Crippen molar-refractivity contribution in [2.24, 2.45) is 0 Å². The second kappa shape index (κ2) is 11.2. The molecule has 1 amide bonds. The minimum Gasteiger partial charge on any atom is -0.486 e. The Morgan fingerprint density at radius 1 is 1.14 bits per heavy atom. The Hall–Kier alpha value is -3.00. The van der Waals surface area contributed by atoms with Crippen LogP contribution in [0, 0.1) is 0 Å². The van der Waals surface area contributed by atoms with Gasteiger partial charge in [0.1, 0.15) is 25.5 Å². The molecule has 0 unspecified atom stereocenters. The van der Waals surface area contributed by atoms with Crippen molar-refractivity contribution in [1.29, 1.82) is 0 Å². The molecule has 0 saturated carbocycles. The summed E-state index contributed by atoms with van der Waals surface area (Å²) in [4.78, 5) is 24.9. The summed E-state index contributed by atoms with van der Waals surface area (Å²) >= 11 is 0. The van der Waals surface area contributed by atoms with Crippen LogP contribution in [0.25, 0.3) is 0 Å². The van der Waals surface area contributed by atoms with E-state index in [0.29, 0.717) is 49.4 Å². The molecular weight excluding hydrogens is 522 g/mol. The van der Waals surface area contributed by atoms with Gasteiger partial charge in [-0.2, -0.15) is 4.31 Å². The zero-order chi connectivity index (χ0) is 26.6. The average Bonchev–Trinajstić information content (AvgIpc) is 2.89. The molecule has 2 atom stereocenters. The van der Waals surface area contributed by atoms with Crippen LogP contribution < -0.4 is 19.5 Å². The first-order valence-corrected chi connectivity index (χ1v) is 14.8. The highest BCUT2D eigenvalue weighted by Crippen LogP contribution is 2.39. The highest BCUT2D eigenvalue weighted by Gasteiger charge is 2.41. The number of ether oxygens (including phenoxy) is 2. The Morgan fingerprint density at radius 3 is 2.49 bits per heavy atom. The fourth-order valence-electron chi connectivity index (χ4n) is 4.26. The Morgan fingerprint density at radius 2 is 1.81 bits per heavy atom. The van der Waals surface area contributed by atoms with E-state index in [1.54, 1.807) is 24.3 Å². The maximum Gasteiger partial charge on any atom is 0.243 e. The lowest BCUT2D eigenvalue weighted by atomic mass is 10.0. The van der Waals surface area contributed by atoms with Crippen molar-refractivity contribution in [3.8, 4) is 11.5 Å². The number of benzene rings is 2. The molecule has 37 heavy (non-hydrogen) atoms. The molecule has 0 spiro atoms. The van der Waals surface area contributed by atoms with Gasteiger partial charge in [-0.1, -0.05) is 18.2 Å². The summed E-state index contributed by atoms with van der Waals surface area (Å²) in [5.41, 5.74) is 0.441. The van der Waals surface area contributed by atoms with Gasteiger partial charge in [0.25, 0.3) is 0 Å². The number of nitrogens with zero attached hydrogens (tertiary/aromatic N) is 1. The van der Waals surface area contributed by atoms with E-state index in [1.807, 2.05) is 0 Å². The first kappa shape index (κ1) is 27.0. The van der Waals surface area contributed by atoms with Crippen LogP contribution in [0.1, 0.15) is 24.8 Å². The molecule has 2 aliphatic rings. The minimum atomic E-state index is -3.97. The summed E-state index contributed by atoms with van der Waals surface area (Å²) in [5, 5.41) is 2.62. The number of carbonyl (C=O) groups is 2. The molecule has 2 aliphatic heterocycles. The smallest absolute Gasteiger partial charge is 0.243 e. The number of nitrogens with one attached hydrogen (secondary N) is 2. The molecule has 0 aromatic heterocycles. The lowest BCUT2D eigenvalue weighted by Gasteiger charge is -2.34. The van der Waals surface area contributed by atoms with E-state index >= 15 is 0 Å². The number of amides is 1. The molecule has 0 fully saturated rings. The van der Waals surface area contributed by atoms with Crippen LogP contribution in [-0.2, 0) is 36.1 Å². The predicted octanol–water partition coefficient (Wildman–Crippen LogP) is 0.836. The third kappa shape index (κ3) is 5.95. The monoisotopic (exact) mass is 551 g/mol. The summed E-state index contributed by atoms with van der Waals surface area (Å²) < 4.78 is 65.3. The Bertz CT molecular complexity index is 1360. The number of fused-ring (bicyclic) bond motifs is 2. The van der Waals surface area contributed by atoms with Crippen molar-refractivity contribution in [3.05, 3.63) is 48.0 Å². The predicted molar refractivity (Wildman–Crippen MR) is 133 cm³/mol. The van der Waals surface area contributed by atoms with Crippen LogP contribution in [0.4, 0.5) is 0 Å². The van der Waals surface area contributed by atoms with E-state index in [-0.39, 0.29) is 29.2 Å². The highest BCUT2D eigenvalue weighted by molar-refractivity contribution is 7.89. The summed E-state index contributed by atoms with van der Waals surface area (Å²) in [5.74, 6) is 0.183. The lowest BCUT2D eigenvalue weighted by Crippen LogP contribution is -2.53. The van der Waals surface area contributed by atoms with Crippen molar-refractivity contribution < 1.29 is 35.9 Å². The fraction of sp³-hybridized carbons (Fsp3) is 0.417. The van der Waals surface area contributed by atoms with Crippen LogP contribution >= 0.6 is 0 Å². The van der Waals surface area contributed by atoms with Gasteiger partial charge < -0.3 is 19.6 Å². The van der Waals surface area contributed by atoms with Gasteiger partial charge in [0, 0.05) is 19.7 Å². The molecule has 2 aromatic carbocycles. The zero-order valence-corrected chi connectivity index (χ0v) is 21.9. The Kier molecular flexibility index (Phi) is 8.17. The number of hydrogen-bond donors (Lipinski definition) is 2. The van der Waals surface area contributed by atoms with Gasteiger partial charge in [0.15, 0.2) is 11.5 Å². The van der Waals surface area contributed by atoms with Gasteiger partial charge in [0.05, 0.1) is 15.8 Å². The van der Waals surface area contributed by atoms with Crippen LogP contribution in [-0.4, -0.2) is 72.2 Å². The number of carbonyl (C=O) groups excluding carboxylic acids is 2. The van der Waals surface area contributed by atoms with Gasteiger partial charge in [0.2, 0.25) is 26.0 Å². The topological polar surface area (TPSA) is 148 Å². The number of aldehydes is 1. The minimum absolute atomic E-state index is 0.0631. The number of unbranched alkanes of at least 4 members (excludes halogenated alkanes) is 1. The Labute approximate surface area is 216 Å². The summed E-state index contributed by atoms with van der Waals surface area (Å²) in [7, 11) is -6.26. The van der Waals surface area contributed by atoms with E-state index in [9.17, 15) is 26.4 Å². The molecule has 2 heterocycles. The van der Waals surface area contributed by atoms with E-state index in [0.717, 1.165) is 4.31 Å². The van der Waals surface area contributed by atoms with E-state index < -0.39 is 38.0 Å². The van der Waals surface area contributed by atoms with Gasteiger partial charge in [-0.25, -0.2) is 21.6 Å². The fourth-order valence-corrected chi connectivity index (χ4v) is 6.90. The highest BCUT2D eigenvalue weighted by atomic mass is 32.2. The van der Waals surface area contributed by atoms with Crippen molar-refractivity contribution in [2.45, 2.75) is 47.6 Å². The molecule has 2 N–H and O–H groups in total. The lowest BCUT2D eigenvalue weighted by molar-refractivity contribution is -0.127. The molecule has 0 aliphatic carbocycles.